The number of nitrogens with one attached hydrogen (secondary N) is 1. The molecular weight excluding hydrogens is 236 g/mol. The molecule has 0 spiro atoms. The molecule has 1 aromatic carbocycles. The van der Waals surface area contributed by atoms with Gasteiger partial charge in [0.15, 0.2) is 0 Å². The Bertz CT molecular complexity index is 518. The van der Waals surface area contributed by atoms with Crippen molar-refractivity contribution in [1.82, 2.24) is 0 Å². The fraction of sp³-hybridized carbons (Fsp3) is 0.417. The minimum atomic E-state index is -3.25. The van der Waals surface area contributed by atoms with Crippen molar-refractivity contribution in [3.05, 3.63) is 29.8 Å². The van der Waals surface area contributed by atoms with Gasteiger partial charge in [-0.25, -0.2) is 8.42 Å². The first-order valence-corrected chi connectivity index (χ1v) is 7.30. The zero-order chi connectivity index (χ0) is 12.9. The minimum absolute atomic E-state index is 0.154. The van der Waals surface area contributed by atoms with E-state index >= 15 is 0 Å². The van der Waals surface area contributed by atoms with Crippen molar-refractivity contribution in [2.75, 3.05) is 11.0 Å². The molecule has 0 aliphatic carbocycles. The van der Waals surface area contributed by atoms with Gasteiger partial charge in [-0.05, 0) is 30.0 Å². The zero-order valence-corrected chi connectivity index (χ0v) is 10.8. The van der Waals surface area contributed by atoms with E-state index < -0.39 is 10.0 Å². The highest BCUT2D eigenvalue weighted by Gasteiger charge is 2.10. The molecule has 1 N–H and O–H groups in total. The van der Waals surface area contributed by atoms with Crippen molar-refractivity contribution in [3.8, 4) is 6.07 Å². The van der Waals surface area contributed by atoms with Crippen molar-refractivity contribution >= 4 is 15.7 Å². The van der Waals surface area contributed by atoms with Crippen molar-refractivity contribution in [1.29, 1.82) is 5.26 Å². The molecule has 1 aromatic rings. The van der Waals surface area contributed by atoms with E-state index in [4.69, 9.17) is 5.26 Å². The lowest BCUT2D eigenvalue weighted by Crippen LogP contribution is -2.10. The van der Waals surface area contributed by atoms with Crippen molar-refractivity contribution < 1.29 is 8.42 Å². The molecule has 92 valence electrons. The minimum Gasteiger partial charge on any atom is -0.284 e. The van der Waals surface area contributed by atoms with Crippen LogP contribution in [-0.4, -0.2) is 14.7 Å². The maximum absolute atomic E-state index is 11.1. The van der Waals surface area contributed by atoms with Crippen LogP contribution in [0.25, 0.3) is 0 Å². The summed E-state index contributed by atoms with van der Waals surface area (Å²) in [7, 11) is -3.25. The lowest BCUT2D eigenvalue weighted by atomic mass is 9.93. The third kappa shape index (κ3) is 4.45. The Morgan fingerprint density at radius 2 is 2.18 bits per heavy atom. The van der Waals surface area contributed by atoms with Crippen LogP contribution >= 0.6 is 0 Å². The standard InChI is InChI=1S/C12H16N2O2S/c1-3-10(7-8-13)11-5-4-6-12(9-11)14-17(2,15)16/h4-6,9-10,14H,3,7H2,1-2H3. The van der Waals surface area contributed by atoms with Gasteiger partial charge in [0.2, 0.25) is 10.0 Å². The molecular formula is C12H16N2O2S. The molecule has 0 aromatic heterocycles. The molecule has 4 nitrogen and oxygen atoms in total. The average molecular weight is 252 g/mol. The number of anilines is 1. The molecule has 17 heavy (non-hydrogen) atoms. The summed E-state index contributed by atoms with van der Waals surface area (Å²) < 4.78 is 24.7. The highest BCUT2D eigenvalue weighted by atomic mass is 32.2. The van der Waals surface area contributed by atoms with Gasteiger partial charge in [-0.1, -0.05) is 19.1 Å². The number of nitriles is 1. The van der Waals surface area contributed by atoms with Crippen molar-refractivity contribution in [2.45, 2.75) is 25.7 Å². The first-order valence-electron chi connectivity index (χ1n) is 5.41. The van der Waals surface area contributed by atoms with E-state index in [1.54, 1.807) is 18.2 Å². The van der Waals surface area contributed by atoms with Gasteiger partial charge < -0.3 is 0 Å². The molecule has 1 rings (SSSR count). The van der Waals surface area contributed by atoms with Crippen molar-refractivity contribution in [3.63, 3.8) is 0 Å². The molecule has 0 radical (unpaired) electrons. The third-order valence-corrected chi connectivity index (χ3v) is 3.10. The highest BCUT2D eigenvalue weighted by molar-refractivity contribution is 7.92. The fourth-order valence-electron chi connectivity index (χ4n) is 1.68. The first-order chi connectivity index (χ1) is 7.96. The van der Waals surface area contributed by atoms with Crippen molar-refractivity contribution in [2.24, 2.45) is 0 Å². The second kappa shape index (κ2) is 5.69. The van der Waals surface area contributed by atoms with Crippen LogP contribution in [0.3, 0.4) is 0 Å². The summed E-state index contributed by atoms with van der Waals surface area (Å²) in [4.78, 5) is 0. The number of hydrogen-bond acceptors (Lipinski definition) is 3. The van der Waals surface area contributed by atoms with E-state index in [-0.39, 0.29) is 5.92 Å². The maximum Gasteiger partial charge on any atom is 0.229 e. The van der Waals surface area contributed by atoms with E-state index in [1.807, 2.05) is 13.0 Å². The predicted molar refractivity (Wildman–Crippen MR) is 68.2 cm³/mol. The van der Waals surface area contributed by atoms with Crippen LogP contribution in [0.15, 0.2) is 24.3 Å². The molecule has 5 heteroatoms. The van der Waals surface area contributed by atoms with Crippen LogP contribution in [0.1, 0.15) is 31.2 Å². The number of sulfonamides is 1. The van der Waals surface area contributed by atoms with Gasteiger partial charge in [0.1, 0.15) is 0 Å². The topological polar surface area (TPSA) is 70.0 Å². The van der Waals surface area contributed by atoms with Gasteiger partial charge in [0.05, 0.1) is 12.3 Å². The molecule has 0 fully saturated rings. The Morgan fingerprint density at radius 1 is 1.47 bits per heavy atom. The van der Waals surface area contributed by atoms with E-state index in [0.29, 0.717) is 12.1 Å². The summed E-state index contributed by atoms with van der Waals surface area (Å²) in [6, 6.07) is 9.34. The van der Waals surface area contributed by atoms with Gasteiger partial charge >= 0.3 is 0 Å². The van der Waals surface area contributed by atoms with Crippen LogP contribution in [0.2, 0.25) is 0 Å². The summed E-state index contributed by atoms with van der Waals surface area (Å²) in [6.07, 6.45) is 2.42. The molecule has 0 heterocycles. The molecule has 0 bridgehead atoms. The highest BCUT2D eigenvalue weighted by Crippen LogP contribution is 2.25. The predicted octanol–water partition coefficient (Wildman–Crippen LogP) is 2.47. The Morgan fingerprint density at radius 3 is 2.71 bits per heavy atom. The van der Waals surface area contributed by atoms with Gasteiger partial charge in [-0.2, -0.15) is 5.26 Å². The molecule has 1 unspecified atom stereocenters. The van der Waals surface area contributed by atoms with Gasteiger partial charge in [0, 0.05) is 12.1 Å². The summed E-state index contributed by atoms with van der Waals surface area (Å²) in [6.45, 7) is 2.01. The molecule has 0 saturated heterocycles. The summed E-state index contributed by atoms with van der Waals surface area (Å²) >= 11 is 0. The van der Waals surface area contributed by atoms with E-state index in [0.717, 1.165) is 18.2 Å². The monoisotopic (exact) mass is 252 g/mol. The SMILES string of the molecule is CCC(CC#N)c1cccc(NS(C)(=O)=O)c1. The Kier molecular flexibility index (Phi) is 4.53. The van der Waals surface area contributed by atoms with Crippen LogP contribution in [0.4, 0.5) is 5.69 Å². The summed E-state index contributed by atoms with van der Waals surface area (Å²) in [5.74, 6) is 0.154. The van der Waals surface area contributed by atoms with Crippen LogP contribution in [0, 0.1) is 11.3 Å². The number of rotatable bonds is 5. The molecule has 1 atom stereocenters. The Labute approximate surface area is 102 Å². The quantitative estimate of drug-likeness (QED) is 0.875. The van der Waals surface area contributed by atoms with Gasteiger partial charge in [0.25, 0.3) is 0 Å². The number of nitrogens with zero attached hydrogens (tertiary/aromatic N) is 1. The zero-order valence-electron chi connectivity index (χ0n) is 9.97. The van der Waals surface area contributed by atoms with Crippen LogP contribution in [-0.2, 0) is 10.0 Å². The van der Waals surface area contributed by atoms with Gasteiger partial charge in [-0.3, -0.25) is 4.72 Å². The van der Waals surface area contributed by atoms with Gasteiger partial charge in [-0.15, -0.1) is 0 Å². The Balaban J connectivity index is 2.96. The lowest BCUT2D eigenvalue weighted by molar-refractivity contribution is 0.607. The average Bonchev–Trinajstić information content (AvgIpc) is 2.24. The third-order valence-electron chi connectivity index (χ3n) is 2.49. The van der Waals surface area contributed by atoms with E-state index in [9.17, 15) is 8.42 Å². The largest absolute Gasteiger partial charge is 0.284 e. The lowest BCUT2D eigenvalue weighted by Gasteiger charge is -2.13. The normalized spacial score (nSPS) is 12.8. The number of benzene rings is 1. The first kappa shape index (κ1) is 13.5. The molecule has 0 aliphatic heterocycles. The van der Waals surface area contributed by atoms with Crippen LogP contribution in [0.5, 0.6) is 0 Å². The Hall–Kier alpha value is -1.54. The smallest absolute Gasteiger partial charge is 0.229 e. The summed E-state index contributed by atoms with van der Waals surface area (Å²) in [5.41, 5.74) is 1.53. The summed E-state index contributed by atoms with van der Waals surface area (Å²) in [5, 5.41) is 8.72. The van der Waals surface area contributed by atoms with E-state index in [1.165, 1.54) is 0 Å². The van der Waals surface area contributed by atoms with E-state index in [2.05, 4.69) is 10.8 Å². The molecule has 0 saturated carbocycles. The molecule has 0 aliphatic rings. The van der Waals surface area contributed by atoms with Crippen LogP contribution < -0.4 is 4.72 Å². The number of hydrogen-bond donors (Lipinski definition) is 1. The second-order valence-corrected chi connectivity index (χ2v) is 5.72. The maximum atomic E-state index is 11.1. The fourth-order valence-corrected chi connectivity index (χ4v) is 2.23. The second-order valence-electron chi connectivity index (χ2n) is 3.97. The molecule has 0 amide bonds.